The van der Waals surface area contributed by atoms with Crippen molar-refractivity contribution in [2.75, 3.05) is 40.9 Å². The second-order valence-electron chi connectivity index (χ2n) is 9.55. The Kier molecular flexibility index (Phi) is 6.97. The molecule has 2 N–H and O–H groups in total. The van der Waals surface area contributed by atoms with Crippen LogP contribution in [0.3, 0.4) is 0 Å². The van der Waals surface area contributed by atoms with E-state index in [2.05, 4.69) is 9.80 Å². The zero-order chi connectivity index (χ0) is 24.4. The fourth-order valence-electron chi connectivity index (χ4n) is 5.11. The van der Waals surface area contributed by atoms with Gasteiger partial charge in [-0.15, -0.1) is 0 Å². The van der Waals surface area contributed by atoms with Gasteiger partial charge in [-0.3, -0.25) is 0 Å². The van der Waals surface area contributed by atoms with Crippen LogP contribution in [0, 0.1) is 0 Å². The average Bonchev–Trinajstić information content (AvgIpc) is 2.89. The van der Waals surface area contributed by atoms with Crippen molar-refractivity contribution in [1.82, 2.24) is 19.9 Å². The van der Waals surface area contributed by atoms with Gasteiger partial charge in [0.25, 0.3) is 0 Å². The summed E-state index contributed by atoms with van der Waals surface area (Å²) in [5.74, 6) is 1.80. The molecule has 0 bridgehead atoms. The first kappa shape index (κ1) is 23.7. The predicted octanol–water partition coefficient (Wildman–Crippen LogP) is 3.55. The van der Waals surface area contributed by atoms with Gasteiger partial charge >= 0.3 is 0 Å². The summed E-state index contributed by atoms with van der Waals surface area (Å²) in [5, 5.41) is 21.2. The maximum atomic E-state index is 10.6. The summed E-state index contributed by atoms with van der Waals surface area (Å²) in [5.41, 5.74) is 2.70. The Bertz CT molecular complexity index is 1140. The van der Waals surface area contributed by atoms with E-state index in [4.69, 9.17) is 19.9 Å². The third-order valence-electron chi connectivity index (χ3n) is 6.87. The smallest absolute Gasteiger partial charge is 0.229 e. The van der Waals surface area contributed by atoms with Gasteiger partial charge in [-0.2, -0.15) is 9.97 Å². The molecule has 0 amide bonds. The Morgan fingerprint density at radius 3 is 1.94 bits per heavy atom. The minimum atomic E-state index is -0.967. The molecule has 1 aromatic carbocycles. The van der Waals surface area contributed by atoms with E-state index < -0.39 is 12.5 Å². The zero-order valence-corrected chi connectivity index (χ0v) is 20.6. The summed E-state index contributed by atoms with van der Waals surface area (Å²) in [4.78, 5) is 25.8. The lowest BCUT2D eigenvalue weighted by molar-refractivity contribution is 0.104. The van der Waals surface area contributed by atoms with Crippen LogP contribution in [-0.4, -0.2) is 68.8 Å². The fraction of sp³-hybridized carbons (Fsp3) is 0.538. The van der Waals surface area contributed by atoms with Gasteiger partial charge in [0.15, 0.2) is 22.8 Å². The van der Waals surface area contributed by atoms with Crippen LogP contribution in [0.4, 0.5) is 17.6 Å². The lowest BCUT2D eigenvalue weighted by Gasteiger charge is -2.33. The molecule has 2 fully saturated rings. The molecule has 9 nitrogen and oxygen atoms in total. The maximum Gasteiger partial charge on any atom is 0.229 e. The monoisotopic (exact) mass is 477 g/mol. The van der Waals surface area contributed by atoms with Crippen LogP contribution in [0.1, 0.15) is 52.4 Å². The van der Waals surface area contributed by atoms with Gasteiger partial charge in [0.1, 0.15) is 18.1 Å². The van der Waals surface area contributed by atoms with Crippen LogP contribution in [0.25, 0.3) is 22.4 Å². The lowest BCUT2D eigenvalue weighted by atomic mass is 10.1. The molecule has 4 heterocycles. The highest BCUT2D eigenvalue weighted by Gasteiger charge is 2.28. The van der Waals surface area contributed by atoms with Crippen LogP contribution < -0.4 is 14.7 Å². The Balaban J connectivity index is 1.75. The molecule has 0 radical (unpaired) electrons. The van der Waals surface area contributed by atoms with Crippen LogP contribution in [-0.2, 0) is 0 Å². The number of rotatable bonds is 6. The number of nitrogens with zero attached hydrogens (tertiary/aromatic N) is 7. The highest BCUT2D eigenvalue weighted by atomic mass is 16.3. The SMILES string of the molecule is CC(O)N(c1nc(N2CCCCC2)nc2nc(N3CCCCC3)c(-c3ccccc3)nc12)C(C)O. The van der Waals surface area contributed by atoms with Gasteiger partial charge < -0.3 is 24.9 Å². The minimum absolute atomic E-state index is 0.399. The number of aliphatic hydroxyl groups is 2. The number of benzene rings is 1. The van der Waals surface area contributed by atoms with Gasteiger partial charge in [-0.1, -0.05) is 30.3 Å². The van der Waals surface area contributed by atoms with E-state index in [9.17, 15) is 10.2 Å². The largest absolute Gasteiger partial charge is 0.374 e. The number of piperidine rings is 2. The van der Waals surface area contributed by atoms with E-state index >= 15 is 0 Å². The molecule has 3 aromatic rings. The molecule has 35 heavy (non-hydrogen) atoms. The third-order valence-corrected chi connectivity index (χ3v) is 6.87. The Morgan fingerprint density at radius 1 is 0.743 bits per heavy atom. The molecular formula is C26H35N7O2. The Hall–Kier alpha value is -3.04. The molecular weight excluding hydrogens is 442 g/mol. The van der Waals surface area contributed by atoms with E-state index in [0.29, 0.717) is 22.9 Å². The van der Waals surface area contributed by atoms with Crippen LogP contribution >= 0.6 is 0 Å². The van der Waals surface area contributed by atoms with Gasteiger partial charge in [-0.25, -0.2) is 9.97 Å². The van der Waals surface area contributed by atoms with Crippen molar-refractivity contribution >= 4 is 28.7 Å². The van der Waals surface area contributed by atoms with Gasteiger partial charge in [-0.05, 0) is 52.4 Å². The summed E-state index contributed by atoms with van der Waals surface area (Å²) < 4.78 is 0. The Morgan fingerprint density at radius 2 is 1.34 bits per heavy atom. The van der Waals surface area contributed by atoms with Crippen molar-refractivity contribution in [3.05, 3.63) is 30.3 Å². The summed E-state index contributed by atoms with van der Waals surface area (Å²) >= 11 is 0. The van der Waals surface area contributed by atoms with Crippen molar-refractivity contribution in [1.29, 1.82) is 0 Å². The van der Waals surface area contributed by atoms with E-state index in [1.54, 1.807) is 13.8 Å². The molecule has 2 saturated heterocycles. The normalized spacial score (nSPS) is 18.5. The van der Waals surface area contributed by atoms with Crippen LogP contribution in [0.15, 0.2) is 30.3 Å². The van der Waals surface area contributed by atoms with Crippen molar-refractivity contribution in [2.24, 2.45) is 0 Å². The molecule has 2 aliphatic rings. The number of aliphatic hydroxyl groups excluding tert-OH is 2. The third kappa shape index (κ3) is 4.88. The number of hydrogen-bond acceptors (Lipinski definition) is 9. The highest BCUT2D eigenvalue weighted by Crippen LogP contribution is 2.35. The summed E-state index contributed by atoms with van der Waals surface area (Å²) in [7, 11) is 0. The highest BCUT2D eigenvalue weighted by molar-refractivity contribution is 5.89. The van der Waals surface area contributed by atoms with Crippen LogP contribution in [0.2, 0.25) is 0 Å². The molecule has 0 spiro atoms. The topological polar surface area (TPSA) is 102 Å². The van der Waals surface area contributed by atoms with Crippen molar-refractivity contribution in [3.8, 4) is 11.3 Å². The van der Waals surface area contributed by atoms with E-state index in [1.165, 1.54) is 17.7 Å². The van der Waals surface area contributed by atoms with Gasteiger partial charge in [0.05, 0.1) is 0 Å². The van der Waals surface area contributed by atoms with E-state index in [0.717, 1.165) is 68.9 Å². The molecule has 2 aliphatic heterocycles. The standard InChI is InChI=1S/C26H35N7O2/c1-18(34)33(19(2)35)25-22-23(29-26(30-25)32-16-10-5-11-17-32)28-24(31-14-8-4-9-15-31)21(27-22)20-12-6-3-7-13-20/h3,6-7,12-13,18-19,34-35H,4-5,8-11,14-17H2,1-2H3. The van der Waals surface area contributed by atoms with Crippen LogP contribution in [0.5, 0.6) is 0 Å². The molecule has 5 rings (SSSR count). The second-order valence-corrected chi connectivity index (χ2v) is 9.55. The second kappa shape index (κ2) is 10.3. The molecule has 0 aliphatic carbocycles. The minimum Gasteiger partial charge on any atom is -0.374 e. The maximum absolute atomic E-state index is 10.6. The number of anilines is 3. The summed E-state index contributed by atoms with van der Waals surface area (Å²) in [6, 6.07) is 10.0. The summed E-state index contributed by atoms with van der Waals surface area (Å²) in [6.07, 6.45) is 4.91. The predicted molar refractivity (Wildman–Crippen MR) is 139 cm³/mol. The first-order chi connectivity index (χ1) is 17.0. The molecule has 2 aromatic heterocycles. The molecule has 9 heteroatoms. The van der Waals surface area contributed by atoms with Gasteiger partial charge in [0, 0.05) is 31.7 Å². The molecule has 186 valence electrons. The molecule has 2 unspecified atom stereocenters. The first-order valence-electron chi connectivity index (χ1n) is 12.8. The van der Waals surface area contributed by atoms with E-state index in [1.807, 2.05) is 30.3 Å². The fourth-order valence-corrected chi connectivity index (χ4v) is 5.11. The average molecular weight is 478 g/mol. The van der Waals surface area contributed by atoms with Gasteiger partial charge in [0.2, 0.25) is 5.95 Å². The first-order valence-corrected chi connectivity index (χ1v) is 12.8. The lowest BCUT2D eigenvalue weighted by Crippen LogP contribution is -2.41. The quantitative estimate of drug-likeness (QED) is 0.516. The number of hydrogen-bond donors (Lipinski definition) is 2. The number of fused-ring (bicyclic) bond motifs is 1. The number of aromatic nitrogens is 4. The van der Waals surface area contributed by atoms with Crippen molar-refractivity contribution < 1.29 is 10.2 Å². The zero-order valence-electron chi connectivity index (χ0n) is 20.6. The van der Waals surface area contributed by atoms with Crippen molar-refractivity contribution in [3.63, 3.8) is 0 Å². The van der Waals surface area contributed by atoms with E-state index in [-0.39, 0.29) is 0 Å². The Labute approximate surface area is 206 Å². The van der Waals surface area contributed by atoms with Crippen molar-refractivity contribution in [2.45, 2.75) is 64.8 Å². The molecule has 2 atom stereocenters. The molecule has 0 saturated carbocycles. The summed E-state index contributed by atoms with van der Waals surface area (Å²) in [6.45, 7) is 6.87.